The lowest BCUT2D eigenvalue weighted by Crippen LogP contribution is -2.40. The highest BCUT2D eigenvalue weighted by atomic mass is 35.5. The number of amides is 1. The maximum Gasteiger partial charge on any atom is 0.417 e. The van der Waals surface area contributed by atoms with Crippen LogP contribution in [-0.2, 0) is 15.8 Å². The monoisotopic (exact) mass is 401 g/mol. The molecule has 2 N–H and O–H groups in total. The smallest absolute Gasteiger partial charge is 0.417 e. The molecule has 0 radical (unpaired) electrons. The fourth-order valence-electron chi connectivity index (χ4n) is 2.63. The van der Waals surface area contributed by atoms with E-state index in [-0.39, 0.29) is 37.2 Å². The average molecular weight is 402 g/mol. The number of alkyl halides is 3. The molecule has 1 amide bonds. The van der Waals surface area contributed by atoms with Gasteiger partial charge in [0.25, 0.3) is 5.91 Å². The van der Waals surface area contributed by atoms with Crippen molar-refractivity contribution in [3.63, 3.8) is 0 Å². The summed E-state index contributed by atoms with van der Waals surface area (Å²) >= 11 is 5.54. The number of carbonyl (C=O) groups excluding carboxylic acids is 1. The van der Waals surface area contributed by atoms with Crippen LogP contribution in [0.5, 0.6) is 0 Å². The van der Waals surface area contributed by atoms with Crippen molar-refractivity contribution < 1.29 is 27.9 Å². The summed E-state index contributed by atoms with van der Waals surface area (Å²) in [7, 11) is 0. The van der Waals surface area contributed by atoms with Gasteiger partial charge in [-0.1, -0.05) is 11.6 Å². The minimum Gasteiger partial charge on any atom is -0.481 e. The van der Waals surface area contributed by atoms with Gasteiger partial charge in [0.2, 0.25) is 0 Å². The molecule has 0 aromatic heterocycles. The number of carbonyl (C=O) groups is 2. The number of nitriles is 1. The van der Waals surface area contributed by atoms with Crippen LogP contribution >= 0.6 is 11.6 Å². The van der Waals surface area contributed by atoms with Crippen LogP contribution in [0.4, 0.5) is 18.9 Å². The van der Waals surface area contributed by atoms with Crippen molar-refractivity contribution in [2.75, 3.05) is 18.4 Å². The minimum absolute atomic E-state index is 0.0110. The normalized spacial score (nSPS) is 16.0. The van der Waals surface area contributed by atoms with Crippen molar-refractivity contribution >= 4 is 29.2 Å². The molecule has 1 fully saturated rings. The molecule has 1 aromatic carbocycles. The largest absolute Gasteiger partial charge is 0.481 e. The molecule has 1 saturated heterocycles. The maximum atomic E-state index is 12.9. The SMILES string of the molecule is N#C/C(=C/Nc1ccc(Cl)c(C(F)(F)F)c1)C(=O)N1CCC(C(=O)O)CC1. The first kappa shape index (κ1) is 20.6. The van der Waals surface area contributed by atoms with Crippen LogP contribution in [0.25, 0.3) is 0 Å². The number of piperidine rings is 1. The molecule has 1 aliphatic heterocycles. The van der Waals surface area contributed by atoms with Gasteiger partial charge in [-0.15, -0.1) is 0 Å². The highest BCUT2D eigenvalue weighted by Crippen LogP contribution is 2.36. The zero-order chi connectivity index (χ0) is 20.2. The van der Waals surface area contributed by atoms with E-state index >= 15 is 0 Å². The van der Waals surface area contributed by atoms with Crippen LogP contribution in [-0.4, -0.2) is 35.0 Å². The Morgan fingerprint density at radius 3 is 2.48 bits per heavy atom. The average Bonchev–Trinajstić information content (AvgIpc) is 2.62. The molecule has 0 atom stereocenters. The van der Waals surface area contributed by atoms with E-state index in [4.69, 9.17) is 16.7 Å². The maximum absolute atomic E-state index is 12.9. The number of rotatable bonds is 4. The predicted octanol–water partition coefficient (Wildman–Crippen LogP) is 3.50. The molecular weight excluding hydrogens is 387 g/mol. The van der Waals surface area contributed by atoms with E-state index in [2.05, 4.69) is 5.32 Å². The number of likely N-dealkylation sites (tertiary alicyclic amines) is 1. The number of aliphatic carboxylic acids is 1. The molecule has 27 heavy (non-hydrogen) atoms. The number of halogens is 4. The summed E-state index contributed by atoms with van der Waals surface area (Å²) in [5.74, 6) is -2.07. The van der Waals surface area contributed by atoms with Crippen LogP contribution in [0, 0.1) is 17.2 Å². The molecule has 10 heteroatoms. The van der Waals surface area contributed by atoms with E-state index < -0.39 is 34.6 Å². The Bertz CT molecular complexity index is 810. The molecule has 144 valence electrons. The minimum atomic E-state index is -4.64. The van der Waals surface area contributed by atoms with Gasteiger partial charge in [-0.3, -0.25) is 9.59 Å². The van der Waals surface area contributed by atoms with Crippen molar-refractivity contribution in [1.29, 1.82) is 5.26 Å². The van der Waals surface area contributed by atoms with E-state index in [1.165, 1.54) is 11.0 Å². The zero-order valence-corrected chi connectivity index (χ0v) is 14.6. The summed E-state index contributed by atoms with van der Waals surface area (Å²) in [4.78, 5) is 24.6. The lowest BCUT2D eigenvalue weighted by Gasteiger charge is -2.29. The Hall–Kier alpha value is -2.73. The van der Waals surface area contributed by atoms with Crippen LogP contribution in [0.2, 0.25) is 5.02 Å². The third-order valence-electron chi connectivity index (χ3n) is 4.14. The van der Waals surface area contributed by atoms with Crippen LogP contribution in [0.15, 0.2) is 30.0 Å². The molecule has 6 nitrogen and oxygen atoms in total. The third-order valence-corrected chi connectivity index (χ3v) is 4.47. The number of nitrogens with zero attached hydrogens (tertiary/aromatic N) is 2. The Morgan fingerprint density at radius 1 is 1.33 bits per heavy atom. The number of carboxylic acids is 1. The third kappa shape index (κ3) is 5.14. The van der Waals surface area contributed by atoms with E-state index in [9.17, 15) is 28.0 Å². The van der Waals surface area contributed by atoms with Crippen molar-refractivity contribution in [3.05, 3.63) is 40.6 Å². The first-order valence-corrected chi connectivity index (χ1v) is 8.27. The fourth-order valence-corrected chi connectivity index (χ4v) is 2.85. The highest BCUT2D eigenvalue weighted by Gasteiger charge is 2.33. The summed E-state index contributed by atoms with van der Waals surface area (Å²) in [5, 5.41) is 20.2. The Labute approximate surface area is 157 Å². The topological polar surface area (TPSA) is 93.4 Å². The van der Waals surface area contributed by atoms with Gasteiger partial charge in [-0.2, -0.15) is 18.4 Å². The number of benzene rings is 1. The quantitative estimate of drug-likeness (QED) is 0.595. The molecule has 0 spiro atoms. The van der Waals surface area contributed by atoms with E-state index in [0.717, 1.165) is 18.3 Å². The molecule has 2 rings (SSSR count). The van der Waals surface area contributed by atoms with Crippen molar-refractivity contribution in [3.8, 4) is 6.07 Å². The van der Waals surface area contributed by atoms with Crippen molar-refractivity contribution in [2.24, 2.45) is 5.92 Å². The summed E-state index contributed by atoms with van der Waals surface area (Å²) in [6.45, 7) is 0.377. The Morgan fingerprint density at radius 2 is 1.96 bits per heavy atom. The van der Waals surface area contributed by atoms with Gasteiger partial charge >= 0.3 is 12.1 Å². The lowest BCUT2D eigenvalue weighted by atomic mass is 9.97. The molecule has 1 aliphatic rings. The molecule has 1 heterocycles. The van der Waals surface area contributed by atoms with Crippen LogP contribution in [0.3, 0.4) is 0 Å². The van der Waals surface area contributed by atoms with E-state index in [1.54, 1.807) is 6.07 Å². The van der Waals surface area contributed by atoms with Crippen LogP contribution < -0.4 is 5.32 Å². The second-order valence-electron chi connectivity index (χ2n) is 5.91. The summed E-state index contributed by atoms with van der Waals surface area (Å²) in [6.07, 6.45) is -3.06. The van der Waals surface area contributed by atoms with Gasteiger partial charge in [-0.05, 0) is 31.0 Å². The number of carboxylic acid groups (broad SMARTS) is 1. The van der Waals surface area contributed by atoms with Gasteiger partial charge in [0.05, 0.1) is 16.5 Å². The Balaban J connectivity index is 2.10. The van der Waals surface area contributed by atoms with E-state index in [0.29, 0.717) is 0 Å². The number of hydrogen-bond acceptors (Lipinski definition) is 4. The molecule has 0 aliphatic carbocycles. The van der Waals surface area contributed by atoms with Gasteiger partial charge in [0, 0.05) is 25.0 Å². The number of hydrogen-bond donors (Lipinski definition) is 2. The standard InChI is InChI=1S/C17H15ClF3N3O3/c18-14-2-1-12(7-13(14)17(19,20)21)23-9-11(8-22)15(25)24-5-3-10(4-6-24)16(26)27/h1-2,7,9-10,23H,3-6H2,(H,26,27)/b11-9-. The first-order valence-electron chi connectivity index (χ1n) is 7.89. The summed E-state index contributed by atoms with van der Waals surface area (Å²) in [5.41, 5.74) is -1.33. The van der Waals surface area contributed by atoms with Crippen molar-refractivity contribution in [1.82, 2.24) is 4.90 Å². The van der Waals surface area contributed by atoms with Gasteiger partial charge in [0.1, 0.15) is 11.6 Å². The summed E-state index contributed by atoms with van der Waals surface area (Å²) in [6, 6.07) is 4.82. The van der Waals surface area contributed by atoms with E-state index in [1.807, 2.05) is 0 Å². The van der Waals surface area contributed by atoms with Crippen LogP contribution in [0.1, 0.15) is 18.4 Å². The fraction of sp³-hybridized carbons (Fsp3) is 0.353. The number of nitrogens with one attached hydrogen (secondary N) is 1. The van der Waals surface area contributed by atoms with Gasteiger partial charge < -0.3 is 15.3 Å². The molecule has 0 bridgehead atoms. The van der Waals surface area contributed by atoms with Gasteiger partial charge in [0.15, 0.2) is 0 Å². The highest BCUT2D eigenvalue weighted by molar-refractivity contribution is 6.31. The molecule has 1 aromatic rings. The van der Waals surface area contributed by atoms with Crippen molar-refractivity contribution in [2.45, 2.75) is 19.0 Å². The summed E-state index contributed by atoms with van der Waals surface area (Å²) < 4.78 is 38.6. The Kier molecular flexibility index (Phi) is 6.33. The number of anilines is 1. The predicted molar refractivity (Wildman–Crippen MR) is 90.7 cm³/mol. The first-order chi connectivity index (χ1) is 12.6. The zero-order valence-electron chi connectivity index (χ0n) is 13.9. The second-order valence-corrected chi connectivity index (χ2v) is 6.32. The second kappa shape index (κ2) is 8.31. The molecular formula is C17H15ClF3N3O3. The molecule has 0 saturated carbocycles. The molecule has 0 unspecified atom stereocenters. The van der Waals surface area contributed by atoms with Gasteiger partial charge in [-0.25, -0.2) is 0 Å². The lowest BCUT2D eigenvalue weighted by molar-refractivity contribution is -0.145.